The first-order valence-corrected chi connectivity index (χ1v) is 5.25. The lowest BCUT2D eigenvalue weighted by Crippen LogP contribution is -2.29. The Kier molecular flexibility index (Phi) is 6.17. The molecule has 0 rings (SSSR count). The Labute approximate surface area is 85.8 Å². The largest absolute Gasteiger partial charge is 0.466 e. The summed E-state index contributed by atoms with van der Waals surface area (Å²) in [4.78, 5) is 22.8. The summed E-state index contributed by atoms with van der Waals surface area (Å²) in [5, 5.41) is 0. The normalized spacial score (nSPS) is 14.6. The van der Waals surface area contributed by atoms with Crippen LogP contribution < -0.4 is 0 Å². The first kappa shape index (κ1) is 13.1. The fraction of sp³-hybridized carbons (Fsp3) is 0.818. The third-order valence-corrected chi connectivity index (χ3v) is 2.48. The van der Waals surface area contributed by atoms with E-state index in [1.165, 1.54) is 6.92 Å². The highest BCUT2D eigenvalue weighted by Gasteiger charge is 2.29. The smallest absolute Gasteiger partial charge is 0.309 e. The van der Waals surface area contributed by atoms with Gasteiger partial charge in [-0.05, 0) is 26.7 Å². The van der Waals surface area contributed by atoms with Crippen molar-refractivity contribution in [3.8, 4) is 0 Å². The molecule has 0 saturated heterocycles. The van der Waals surface area contributed by atoms with Crippen LogP contribution >= 0.6 is 0 Å². The van der Waals surface area contributed by atoms with E-state index in [4.69, 9.17) is 4.74 Å². The number of hydrogen-bond donors (Lipinski definition) is 0. The van der Waals surface area contributed by atoms with Gasteiger partial charge in [0.05, 0.1) is 12.5 Å². The van der Waals surface area contributed by atoms with Crippen LogP contribution in [-0.4, -0.2) is 18.4 Å². The fourth-order valence-corrected chi connectivity index (χ4v) is 1.72. The van der Waals surface area contributed by atoms with Gasteiger partial charge in [0.2, 0.25) is 0 Å². The van der Waals surface area contributed by atoms with E-state index in [-0.39, 0.29) is 23.6 Å². The molecule has 82 valence electrons. The predicted octanol–water partition coefficient (Wildman–Crippen LogP) is 2.19. The summed E-state index contributed by atoms with van der Waals surface area (Å²) in [5.41, 5.74) is 0. The van der Waals surface area contributed by atoms with Crippen molar-refractivity contribution in [1.29, 1.82) is 0 Å². The lowest BCUT2D eigenvalue weighted by atomic mass is 9.85. The summed E-state index contributed by atoms with van der Waals surface area (Å²) >= 11 is 0. The first-order chi connectivity index (χ1) is 6.58. The number of esters is 1. The second-order valence-corrected chi connectivity index (χ2v) is 3.39. The Morgan fingerprint density at radius 3 is 1.86 bits per heavy atom. The number of carbonyl (C=O) groups is 2. The molecule has 0 heterocycles. The average molecular weight is 200 g/mol. The SMILES string of the molecule is CCOC(=O)C(CC)C(CC)C(C)=O. The van der Waals surface area contributed by atoms with Gasteiger partial charge in [0.15, 0.2) is 0 Å². The molecule has 0 fully saturated rings. The molecule has 0 aliphatic heterocycles. The molecule has 0 saturated carbocycles. The molecule has 3 heteroatoms. The summed E-state index contributed by atoms with van der Waals surface area (Å²) in [5.74, 6) is -0.610. The molecule has 0 spiro atoms. The summed E-state index contributed by atoms with van der Waals surface area (Å²) in [6.07, 6.45) is 1.36. The maximum atomic E-state index is 11.5. The number of hydrogen-bond acceptors (Lipinski definition) is 3. The summed E-state index contributed by atoms with van der Waals surface area (Å²) in [6.45, 7) is 7.53. The van der Waals surface area contributed by atoms with Crippen molar-refractivity contribution in [2.75, 3.05) is 6.61 Å². The molecule has 0 amide bonds. The lowest BCUT2D eigenvalue weighted by molar-refractivity contribution is -0.152. The van der Waals surface area contributed by atoms with E-state index < -0.39 is 0 Å². The predicted molar refractivity (Wildman–Crippen MR) is 54.9 cm³/mol. The number of Topliss-reactive ketones (excluding diaryl/α,β-unsaturated/α-hetero) is 1. The fourth-order valence-electron chi connectivity index (χ4n) is 1.72. The molecule has 2 atom stereocenters. The third-order valence-electron chi connectivity index (χ3n) is 2.48. The van der Waals surface area contributed by atoms with Gasteiger partial charge >= 0.3 is 5.97 Å². The molecule has 0 aromatic rings. The number of ketones is 1. The molecule has 14 heavy (non-hydrogen) atoms. The van der Waals surface area contributed by atoms with Crippen LogP contribution in [0.1, 0.15) is 40.5 Å². The average Bonchev–Trinajstić information content (AvgIpc) is 2.13. The van der Waals surface area contributed by atoms with E-state index in [0.29, 0.717) is 19.4 Å². The van der Waals surface area contributed by atoms with Crippen LogP contribution in [0.4, 0.5) is 0 Å². The van der Waals surface area contributed by atoms with Crippen molar-refractivity contribution in [1.82, 2.24) is 0 Å². The van der Waals surface area contributed by atoms with Crippen molar-refractivity contribution < 1.29 is 14.3 Å². The number of rotatable bonds is 6. The number of ether oxygens (including phenoxy) is 1. The summed E-state index contributed by atoms with van der Waals surface area (Å²) in [6, 6.07) is 0. The van der Waals surface area contributed by atoms with Crippen molar-refractivity contribution in [3.05, 3.63) is 0 Å². The Morgan fingerprint density at radius 1 is 1.07 bits per heavy atom. The second kappa shape index (κ2) is 6.57. The van der Waals surface area contributed by atoms with E-state index in [1.54, 1.807) is 6.92 Å². The molecule has 3 nitrogen and oxygen atoms in total. The van der Waals surface area contributed by atoms with Crippen LogP contribution in [0, 0.1) is 11.8 Å². The molecule has 0 aromatic carbocycles. The standard InChI is InChI=1S/C11H20O3/c1-5-9(8(4)12)10(6-2)11(13)14-7-3/h9-10H,5-7H2,1-4H3. The summed E-state index contributed by atoms with van der Waals surface area (Å²) < 4.78 is 4.94. The molecule has 0 bridgehead atoms. The van der Waals surface area contributed by atoms with Crippen molar-refractivity contribution >= 4 is 11.8 Å². The van der Waals surface area contributed by atoms with Crippen molar-refractivity contribution in [2.24, 2.45) is 11.8 Å². The zero-order chi connectivity index (χ0) is 11.1. The van der Waals surface area contributed by atoms with Gasteiger partial charge in [0.1, 0.15) is 5.78 Å². The lowest BCUT2D eigenvalue weighted by Gasteiger charge is -2.20. The van der Waals surface area contributed by atoms with E-state index in [0.717, 1.165) is 0 Å². The van der Waals surface area contributed by atoms with Gasteiger partial charge in [-0.2, -0.15) is 0 Å². The van der Waals surface area contributed by atoms with Gasteiger partial charge in [0.25, 0.3) is 0 Å². The highest BCUT2D eigenvalue weighted by Crippen LogP contribution is 2.21. The van der Waals surface area contributed by atoms with Gasteiger partial charge in [-0.25, -0.2) is 0 Å². The minimum absolute atomic E-state index is 0.0763. The summed E-state index contributed by atoms with van der Waals surface area (Å²) in [7, 11) is 0. The van der Waals surface area contributed by atoms with Crippen molar-refractivity contribution in [2.45, 2.75) is 40.5 Å². The van der Waals surface area contributed by atoms with Gasteiger partial charge in [-0.15, -0.1) is 0 Å². The number of carbonyl (C=O) groups excluding carboxylic acids is 2. The van der Waals surface area contributed by atoms with E-state index in [1.807, 2.05) is 13.8 Å². The van der Waals surface area contributed by atoms with Crippen LogP contribution in [-0.2, 0) is 14.3 Å². The molecule has 0 aliphatic carbocycles. The van der Waals surface area contributed by atoms with Gasteiger partial charge in [-0.1, -0.05) is 13.8 Å². The van der Waals surface area contributed by atoms with Gasteiger partial charge in [-0.3, -0.25) is 9.59 Å². The molecular formula is C11H20O3. The van der Waals surface area contributed by atoms with Gasteiger partial charge in [0, 0.05) is 5.92 Å². The molecule has 0 aliphatic rings. The minimum atomic E-state index is -0.266. The van der Waals surface area contributed by atoms with E-state index >= 15 is 0 Å². The van der Waals surface area contributed by atoms with E-state index in [9.17, 15) is 9.59 Å². The van der Waals surface area contributed by atoms with Crippen molar-refractivity contribution in [3.63, 3.8) is 0 Å². The molecular weight excluding hydrogens is 180 g/mol. The Bertz CT molecular complexity index is 199. The molecule has 0 radical (unpaired) electrons. The monoisotopic (exact) mass is 200 g/mol. The van der Waals surface area contributed by atoms with Crippen LogP contribution in [0.5, 0.6) is 0 Å². The van der Waals surface area contributed by atoms with Crippen LogP contribution in [0.15, 0.2) is 0 Å². The minimum Gasteiger partial charge on any atom is -0.466 e. The van der Waals surface area contributed by atoms with Crippen LogP contribution in [0.25, 0.3) is 0 Å². The van der Waals surface area contributed by atoms with Gasteiger partial charge < -0.3 is 4.74 Å². The molecule has 0 aromatic heterocycles. The van der Waals surface area contributed by atoms with Crippen LogP contribution in [0.3, 0.4) is 0 Å². The highest BCUT2D eigenvalue weighted by molar-refractivity contribution is 5.85. The van der Waals surface area contributed by atoms with E-state index in [2.05, 4.69) is 0 Å². The maximum absolute atomic E-state index is 11.5. The second-order valence-electron chi connectivity index (χ2n) is 3.39. The first-order valence-electron chi connectivity index (χ1n) is 5.25. The topological polar surface area (TPSA) is 43.4 Å². The third kappa shape index (κ3) is 3.48. The quantitative estimate of drug-likeness (QED) is 0.617. The zero-order valence-corrected chi connectivity index (χ0v) is 9.50. The van der Waals surface area contributed by atoms with Crippen LogP contribution in [0.2, 0.25) is 0 Å². The Hall–Kier alpha value is -0.860. The molecule has 0 N–H and O–H groups in total. The Morgan fingerprint density at radius 2 is 1.57 bits per heavy atom. The maximum Gasteiger partial charge on any atom is 0.309 e. The molecule has 2 unspecified atom stereocenters. The Balaban J connectivity index is 4.50. The highest BCUT2D eigenvalue weighted by atomic mass is 16.5. The zero-order valence-electron chi connectivity index (χ0n) is 9.50.